The fourth-order valence-electron chi connectivity index (χ4n) is 3.35. The van der Waals surface area contributed by atoms with Crippen LogP contribution in [0, 0.1) is 13.8 Å². The van der Waals surface area contributed by atoms with Gasteiger partial charge >= 0.3 is 0 Å². The quantitative estimate of drug-likeness (QED) is 0.717. The third-order valence-corrected chi connectivity index (χ3v) is 4.62. The lowest BCUT2D eigenvalue weighted by Gasteiger charge is -2.29. The summed E-state index contributed by atoms with van der Waals surface area (Å²) < 4.78 is 2.01. The molecule has 1 aliphatic rings. The second kappa shape index (κ2) is 5.69. The second-order valence-corrected chi connectivity index (χ2v) is 6.46. The normalized spacial score (nSPS) is 15.3. The number of hydrogen-bond donors (Lipinski definition) is 0. The van der Waals surface area contributed by atoms with Crippen molar-refractivity contribution in [2.24, 2.45) is 0 Å². The van der Waals surface area contributed by atoms with Crippen molar-refractivity contribution in [3.8, 4) is 11.1 Å². The summed E-state index contributed by atoms with van der Waals surface area (Å²) in [6, 6.07) is 10.7. The molecule has 0 aliphatic carbocycles. The first-order valence-corrected chi connectivity index (χ1v) is 8.40. The van der Waals surface area contributed by atoms with E-state index in [4.69, 9.17) is 4.98 Å². The van der Waals surface area contributed by atoms with Crippen molar-refractivity contribution >= 4 is 11.5 Å². The number of aromatic nitrogens is 3. The number of hydrogen-bond acceptors (Lipinski definition) is 3. The van der Waals surface area contributed by atoms with Gasteiger partial charge in [0.2, 0.25) is 0 Å². The van der Waals surface area contributed by atoms with Crippen LogP contribution in [0.4, 0.5) is 5.82 Å². The van der Waals surface area contributed by atoms with Crippen LogP contribution in [0.1, 0.15) is 30.5 Å². The zero-order valence-electron chi connectivity index (χ0n) is 13.8. The second-order valence-electron chi connectivity index (χ2n) is 6.46. The molecule has 3 heterocycles. The first-order chi connectivity index (χ1) is 11.2. The minimum atomic E-state index is 0.953. The molecule has 0 atom stereocenters. The number of nitrogens with zero attached hydrogens (tertiary/aromatic N) is 4. The topological polar surface area (TPSA) is 33.4 Å². The summed E-state index contributed by atoms with van der Waals surface area (Å²) in [6.07, 6.45) is 5.79. The summed E-state index contributed by atoms with van der Waals surface area (Å²) in [6.45, 7) is 6.40. The van der Waals surface area contributed by atoms with Crippen LogP contribution in [0.15, 0.2) is 36.5 Å². The molecule has 1 aliphatic heterocycles. The van der Waals surface area contributed by atoms with E-state index < -0.39 is 0 Å². The summed E-state index contributed by atoms with van der Waals surface area (Å²) >= 11 is 0. The molecule has 1 aromatic carbocycles. The van der Waals surface area contributed by atoms with Gasteiger partial charge in [-0.05, 0) is 38.7 Å². The van der Waals surface area contributed by atoms with Crippen molar-refractivity contribution < 1.29 is 0 Å². The summed E-state index contributed by atoms with van der Waals surface area (Å²) in [5, 5.41) is 4.65. The lowest BCUT2D eigenvalue weighted by atomic mass is 10.1. The molecule has 0 bridgehead atoms. The number of anilines is 1. The number of benzene rings is 1. The number of rotatable bonds is 2. The zero-order valence-corrected chi connectivity index (χ0v) is 13.8. The Morgan fingerprint density at radius 2 is 1.70 bits per heavy atom. The van der Waals surface area contributed by atoms with Gasteiger partial charge in [0.1, 0.15) is 5.82 Å². The molecule has 118 valence electrons. The van der Waals surface area contributed by atoms with E-state index in [1.54, 1.807) is 0 Å². The van der Waals surface area contributed by atoms with Gasteiger partial charge in [0.05, 0.1) is 6.20 Å². The predicted octanol–water partition coefficient (Wildman–Crippen LogP) is 4.00. The van der Waals surface area contributed by atoms with E-state index in [0.717, 1.165) is 30.0 Å². The molecule has 4 nitrogen and oxygen atoms in total. The Kier molecular flexibility index (Phi) is 3.52. The smallest absolute Gasteiger partial charge is 0.165 e. The Hall–Kier alpha value is -2.36. The van der Waals surface area contributed by atoms with Crippen molar-refractivity contribution in [2.75, 3.05) is 18.0 Å². The fraction of sp³-hybridized carbons (Fsp3) is 0.368. The molecule has 1 fully saturated rings. The first-order valence-electron chi connectivity index (χ1n) is 8.40. The van der Waals surface area contributed by atoms with Crippen LogP contribution in [0.25, 0.3) is 16.8 Å². The Morgan fingerprint density at radius 1 is 0.957 bits per heavy atom. The van der Waals surface area contributed by atoms with E-state index in [-0.39, 0.29) is 0 Å². The number of piperidine rings is 1. The lowest BCUT2D eigenvalue weighted by molar-refractivity contribution is 0.568. The monoisotopic (exact) mass is 306 g/mol. The van der Waals surface area contributed by atoms with Crippen molar-refractivity contribution in [1.29, 1.82) is 0 Å². The number of fused-ring (bicyclic) bond motifs is 1. The fourth-order valence-corrected chi connectivity index (χ4v) is 3.35. The Labute approximate surface area is 136 Å². The van der Waals surface area contributed by atoms with E-state index in [1.165, 1.54) is 36.2 Å². The van der Waals surface area contributed by atoms with Crippen LogP contribution in [0.2, 0.25) is 0 Å². The number of aryl methyl sites for hydroxylation is 2. The zero-order chi connectivity index (χ0) is 15.8. The highest BCUT2D eigenvalue weighted by molar-refractivity contribution is 5.78. The van der Waals surface area contributed by atoms with E-state index in [0.29, 0.717) is 0 Å². The maximum Gasteiger partial charge on any atom is 0.165 e. The SMILES string of the molecule is Cc1ccc(-c2cnn3c(N4CCCCC4)cc(C)nc23)cc1. The Bertz CT molecular complexity index is 826. The molecule has 2 aromatic heterocycles. The van der Waals surface area contributed by atoms with Gasteiger partial charge in [-0.2, -0.15) is 9.61 Å². The van der Waals surface area contributed by atoms with Gasteiger partial charge in [0.25, 0.3) is 0 Å². The molecular formula is C19H22N4. The third-order valence-electron chi connectivity index (χ3n) is 4.62. The minimum absolute atomic E-state index is 0.953. The average molecular weight is 306 g/mol. The highest BCUT2D eigenvalue weighted by Crippen LogP contribution is 2.28. The molecule has 23 heavy (non-hydrogen) atoms. The van der Waals surface area contributed by atoms with Crippen LogP contribution < -0.4 is 4.90 Å². The van der Waals surface area contributed by atoms with Gasteiger partial charge in [-0.25, -0.2) is 4.98 Å². The average Bonchev–Trinajstić information content (AvgIpc) is 2.99. The van der Waals surface area contributed by atoms with Crippen molar-refractivity contribution in [2.45, 2.75) is 33.1 Å². The van der Waals surface area contributed by atoms with Gasteiger partial charge in [-0.1, -0.05) is 29.8 Å². The molecule has 0 spiro atoms. The molecule has 4 rings (SSSR count). The first kappa shape index (κ1) is 14.2. The van der Waals surface area contributed by atoms with Crippen molar-refractivity contribution in [1.82, 2.24) is 14.6 Å². The molecule has 0 radical (unpaired) electrons. The van der Waals surface area contributed by atoms with Crippen LogP contribution in [-0.4, -0.2) is 27.7 Å². The van der Waals surface area contributed by atoms with Gasteiger partial charge < -0.3 is 4.90 Å². The molecule has 0 unspecified atom stereocenters. The Balaban J connectivity index is 1.85. The van der Waals surface area contributed by atoms with Gasteiger partial charge in [0.15, 0.2) is 5.65 Å². The molecular weight excluding hydrogens is 284 g/mol. The lowest BCUT2D eigenvalue weighted by Crippen LogP contribution is -2.31. The predicted molar refractivity (Wildman–Crippen MR) is 94.0 cm³/mol. The summed E-state index contributed by atoms with van der Waals surface area (Å²) in [4.78, 5) is 7.21. The molecule has 0 saturated carbocycles. The van der Waals surface area contributed by atoms with E-state index >= 15 is 0 Å². The van der Waals surface area contributed by atoms with Gasteiger partial charge in [-0.3, -0.25) is 0 Å². The molecule has 3 aromatic rings. The molecule has 0 N–H and O–H groups in total. The van der Waals surface area contributed by atoms with E-state index in [9.17, 15) is 0 Å². The Morgan fingerprint density at radius 3 is 2.43 bits per heavy atom. The summed E-state index contributed by atoms with van der Waals surface area (Å²) in [5.41, 5.74) is 5.55. The van der Waals surface area contributed by atoms with Crippen LogP contribution in [0.5, 0.6) is 0 Å². The molecule has 4 heteroatoms. The summed E-state index contributed by atoms with van der Waals surface area (Å²) in [7, 11) is 0. The third kappa shape index (κ3) is 2.58. The summed E-state index contributed by atoms with van der Waals surface area (Å²) in [5.74, 6) is 1.17. The maximum absolute atomic E-state index is 4.76. The van der Waals surface area contributed by atoms with Crippen LogP contribution >= 0.6 is 0 Å². The van der Waals surface area contributed by atoms with Crippen LogP contribution in [0.3, 0.4) is 0 Å². The maximum atomic E-state index is 4.76. The largest absolute Gasteiger partial charge is 0.356 e. The van der Waals surface area contributed by atoms with Gasteiger partial charge in [0, 0.05) is 30.4 Å². The van der Waals surface area contributed by atoms with E-state index in [2.05, 4.69) is 54.2 Å². The highest BCUT2D eigenvalue weighted by Gasteiger charge is 2.18. The molecule has 0 amide bonds. The molecule has 1 saturated heterocycles. The standard InChI is InChI=1S/C19H22N4/c1-14-6-8-16(9-7-14)17-13-20-23-18(12-15(2)21-19(17)23)22-10-4-3-5-11-22/h6-9,12-13H,3-5,10-11H2,1-2H3. The highest BCUT2D eigenvalue weighted by atomic mass is 15.3. The van der Waals surface area contributed by atoms with Crippen molar-refractivity contribution in [3.05, 3.63) is 47.8 Å². The van der Waals surface area contributed by atoms with Crippen LogP contribution in [-0.2, 0) is 0 Å². The minimum Gasteiger partial charge on any atom is -0.356 e. The van der Waals surface area contributed by atoms with Gasteiger partial charge in [-0.15, -0.1) is 0 Å². The van der Waals surface area contributed by atoms with E-state index in [1.807, 2.05) is 10.7 Å². The van der Waals surface area contributed by atoms with Crippen molar-refractivity contribution in [3.63, 3.8) is 0 Å².